The van der Waals surface area contributed by atoms with E-state index in [1.807, 2.05) is 27.8 Å². The van der Waals surface area contributed by atoms with Crippen molar-refractivity contribution in [2.24, 2.45) is 0 Å². The highest BCUT2D eigenvalue weighted by atomic mass is 16.2. The van der Waals surface area contributed by atoms with Crippen molar-refractivity contribution in [3.8, 4) is 0 Å². The highest BCUT2D eigenvalue weighted by Gasteiger charge is 2.25. The summed E-state index contributed by atoms with van der Waals surface area (Å²) in [6.45, 7) is 7.19. The van der Waals surface area contributed by atoms with Crippen molar-refractivity contribution in [2.75, 3.05) is 36.4 Å². The number of amides is 2. The monoisotopic (exact) mass is 417 g/mol. The van der Waals surface area contributed by atoms with Gasteiger partial charge in [-0.1, -0.05) is 13.8 Å². The molecule has 0 unspecified atom stereocenters. The van der Waals surface area contributed by atoms with E-state index in [9.17, 15) is 9.59 Å². The normalized spacial score (nSPS) is 16.5. The van der Waals surface area contributed by atoms with Crippen LogP contribution in [-0.4, -0.2) is 52.3 Å². The summed E-state index contributed by atoms with van der Waals surface area (Å²) < 4.78 is 1.92. The first-order chi connectivity index (χ1) is 15.0. The van der Waals surface area contributed by atoms with E-state index in [2.05, 4.69) is 53.3 Å². The van der Waals surface area contributed by atoms with E-state index in [-0.39, 0.29) is 11.8 Å². The van der Waals surface area contributed by atoms with Gasteiger partial charge in [0.1, 0.15) is 11.3 Å². The number of carbonyl (C=O) groups excluding carboxylic acids is 2. The Hall–Kier alpha value is -3.35. The first-order valence-electron chi connectivity index (χ1n) is 10.9. The minimum atomic E-state index is -0.0115. The van der Waals surface area contributed by atoms with E-state index in [0.717, 1.165) is 36.5 Å². The van der Waals surface area contributed by atoms with Crippen molar-refractivity contribution in [1.29, 1.82) is 0 Å². The summed E-state index contributed by atoms with van der Waals surface area (Å²) in [7, 11) is 0. The summed E-state index contributed by atoms with van der Waals surface area (Å²) in [4.78, 5) is 33.4. The van der Waals surface area contributed by atoms with Gasteiger partial charge in [0.05, 0.1) is 0 Å². The third-order valence-corrected chi connectivity index (χ3v) is 6.29. The molecule has 1 fully saturated rings. The van der Waals surface area contributed by atoms with E-state index in [0.29, 0.717) is 31.1 Å². The molecule has 0 spiro atoms. The van der Waals surface area contributed by atoms with Crippen LogP contribution >= 0.6 is 0 Å². The van der Waals surface area contributed by atoms with Crippen molar-refractivity contribution in [2.45, 2.75) is 32.6 Å². The van der Waals surface area contributed by atoms with Gasteiger partial charge >= 0.3 is 0 Å². The van der Waals surface area contributed by atoms with E-state index in [1.165, 1.54) is 11.1 Å². The van der Waals surface area contributed by atoms with Gasteiger partial charge in [-0.25, -0.2) is 4.98 Å². The number of rotatable bonds is 3. The van der Waals surface area contributed by atoms with Crippen LogP contribution in [-0.2, 0) is 11.2 Å². The molecule has 0 radical (unpaired) electrons. The van der Waals surface area contributed by atoms with Crippen LogP contribution in [0.2, 0.25) is 0 Å². The van der Waals surface area contributed by atoms with E-state index >= 15 is 0 Å². The molecule has 0 bridgehead atoms. The third kappa shape index (κ3) is 3.76. The molecule has 3 aromatic rings. The molecule has 1 aromatic carbocycles. The largest absolute Gasteiger partial charge is 0.368 e. The van der Waals surface area contributed by atoms with Gasteiger partial charge in [-0.15, -0.1) is 0 Å². The zero-order valence-corrected chi connectivity index (χ0v) is 18.0. The second kappa shape index (κ2) is 7.72. The second-order valence-corrected chi connectivity index (χ2v) is 8.68. The lowest BCUT2D eigenvalue weighted by Crippen LogP contribution is -2.49. The van der Waals surface area contributed by atoms with Crippen LogP contribution in [0.5, 0.6) is 0 Å². The lowest BCUT2D eigenvalue weighted by atomic mass is 10.0. The Morgan fingerprint density at radius 1 is 1.06 bits per heavy atom. The van der Waals surface area contributed by atoms with E-state index in [4.69, 9.17) is 0 Å². The molecule has 0 saturated carbocycles. The Bertz CT molecular complexity index is 1160. The number of piperazine rings is 1. The Morgan fingerprint density at radius 2 is 1.87 bits per heavy atom. The molecular formula is C24H27N5O2. The number of imidazole rings is 1. The zero-order chi connectivity index (χ0) is 21.5. The quantitative estimate of drug-likeness (QED) is 0.710. The molecule has 7 nitrogen and oxygen atoms in total. The number of aromatic nitrogens is 2. The number of nitrogens with one attached hydrogen (secondary N) is 1. The second-order valence-electron chi connectivity index (χ2n) is 8.68. The van der Waals surface area contributed by atoms with Gasteiger partial charge in [0.15, 0.2) is 0 Å². The summed E-state index contributed by atoms with van der Waals surface area (Å²) in [5.74, 6) is 0.496. The maximum atomic E-state index is 13.0. The summed E-state index contributed by atoms with van der Waals surface area (Å²) in [5.41, 5.74) is 5.78. The number of fused-ring (bicyclic) bond motifs is 2. The van der Waals surface area contributed by atoms with E-state index in [1.54, 1.807) is 0 Å². The van der Waals surface area contributed by atoms with Crippen LogP contribution in [0.15, 0.2) is 42.7 Å². The third-order valence-electron chi connectivity index (χ3n) is 6.29. The molecule has 2 aliphatic rings. The smallest absolute Gasteiger partial charge is 0.274 e. The molecule has 2 aliphatic heterocycles. The summed E-state index contributed by atoms with van der Waals surface area (Å²) in [6.07, 6.45) is 5.12. The van der Waals surface area contributed by atoms with Crippen LogP contribution in [0, 0.1) is 0 Å². The number of nitrogens with zero attached hydrogens (tertiary/aromatic N) is 4. The maximum Gasteiger partial charge on any atom is 0.274 e. The van der Waals surface area contributed by atoms with Crippen molar-refractivity contribution in [3.05, 3.63) is 59.5 Å². The molecule has 7 heteroatoms. The minimum Gasteiger partial charge on any atom is -0.368 e. The Morgan fingerprint density at radius 3 is 2.65 bits per heavy atom. The average molecular weight is 418 g/mol. The standard InChI is InChI=1S/C24H27N5O2/c1-16(2)17-7-8-29-15-21(25-22(29)14-17)24(31)28-11-9-27(10-12-28)19-4-5-20-18(13-19)3-6-23(30)26-20/h4-5,7-8,13-16H,3,6,9-12H2,1-2H3,(H,26,30). The highest BCUT2D eigenvalue weighted by Crippen LogP contribution is 2.28. The number of anilines is 2. The molecule has 0 atom stereocenters. The van der Waals surface area contributed by atoms with Crippen molar-refractivity contribution in [3.63, 3.8) is 0 Å². The van der Waals surface area contributed by atoms with Crippen LogP contribution in [0.3, 0.4) is 0 Å². The number of carbonyl (C=O) groups is 2. The molecule has 0 aliphatic carbocycles. The number of hydrogen-bond acceptors (Lipinski definition) is 4. The van der Waals surface area contributed by atoms with Crippen LogP contribution in [0.1, 0.15) is 47.8 Å². The molecule has 31 heavy (non-hydrogen) atoms. The van der Waals surface area contributed by atoms with Gasteiger partial charge in [-0.2, -0.15) is 0 Å². The van der Waals surface area contributed by atoms with Gasteiger partial charge in [-0.05, 0) is 53.8 Å². The van der Waals surface area contributed by atoms with Crippen molar-refractivity contribution in [1.82, 2.24) is 14.3 Å². The van der Waals surface area contributed by atoms with Gasteiger partial charge in [0, 0.05) is 56.4 Å². The zero-order valence-electron chi connectivity index (χ0n) is 18.0. The minimum absolute atomic E-state index is 0.0115. The highest BCUT2D eigenvalue weighted by molar-refractivity contribution is 5.94. The Labute approximate surface area is 181 Å². The number of benzene rings is 1. The number of aryl methyl sites for hydroxylation is 1. The number of pyridine rings is 1. The topological polar surface area (TPSA) is 70.0 Å². The van der Waals surface area contributed by atoms with Gasteiger partial charge in [0.25, 0.3) is 5.91 Å². The SMILES string of the molecule is CC(C)c1ccn2cc(C(=O)N3CCN(c4ccc5c(c4)CCC(=O)N5)CC3)nc2c1. The summed E-state index contributed by atoms with van der Waals surface area (Å²) in [5, 5.41) is 2.93. The fourth-order valence-corrected chi connectivity index (χ4v) is 4.36. The molecular weight excluding hydrogens is 390 g/mol. The Kier molecular flexibility index (Phi) is 4.88. The Balaban J connectivity index is 1.27. The van der Waals surface area contributed by atoms with Gasteiger partial charge < -0.3 is 19.5 Å². The molecule has 1 saturated heterocycles. The van der Waals surface area contributed by atoms with Crippen molar-refractivity contribution < 1.29 is 9.59 Å². The predicted octanol–water partition coefficient (Wildman–Crippen LogP) is 3.30. The van der Waals surface area contributed by atoms with E-state index < -0.39 is 0 Å². The van der Waals surface area contributed by atoms with Gasteiger partial charge in [0.2, 0.25) is 5.91 Å². The summed E-state index contributed by atoms with van der Waals surface area (Å²) >= 11 is 0. The lowest BCUT2D eigenvalue weighted by molar-refractivity contribution is -0.116. The van der Waals surface area contributed by atoms with Crippen molar-refractivity contribution >= 4 is 28.8 Å². The average Bonchev–Trinajstić information content (AvgIpc) is 3.21. The first-order valence-corrected chi connectivity index (χ1v) is 10.9. The molecule has 2 aromatic heterocycles. The predicted molar refractivity (Wildman–Crippen MR) is 121 cm³/mol. The first kappa shape index (κ1) is 19.6. The van der Waals surface area contributed by atoms with Gasteiger partial charge in [-0.3, -0.25) is 9.59 Å². The van der Waals surface area contributed by atoms with Crippen LogP contribution < -0.4 is 10.2 Å². The molecule has 2 amide bonds. The molecule has 5 rings (SSSR count). The lowest BCUT2D eigenvalue weighted by Gasteiger charge is -2.36. The van der Waals surface area contributed by atoms with Crippen LogP contribution in [0.25, 0.3) is 5.65 Å². The molecule has 1 N–H and O–H groups in total. The molecule has 160 valence electrons. The number of hydrogen-bond donors (Lipinski definition) is 1. The molecule has 4 heterocycles. The fourth-order valence-electron chi connectivity index (χ4n) is 4.36. The summed E-state index contributed by atoms with van der Waals surface area (Å²) in [6, 6.07) is 10.3. The maximum absolute atomic E-state index is 13.0. The van der Waals surface area contributed by atoms with Crippen LogP contribution in [0.4, 0.5) is 11.4 Å². The fraction of sp³-hybridized carbons (Fsp3) is 0.375.